The number of carbonyl (C=O) groups excluding carboxylic acids is 2. The van der Waals surface area contributed by atoms with Crippen molar-refractivity contribution in [1.29, 1.82) is 0 Å². The third kappa shape index (κ3) is 3.31. The highest BCUT2D eigenvalue weighted by molar-refractivity contribution is 9.10. The number of thioether (sulfide) groups is 1. The van der Waals surface area contributed by atoms with E-state index >= 15 is 0 Å². The van der Waals surface area contributed by atoms with E-state index in [4.69, 9.17) is 0 Å². The third-order valence-corrected chi connectivity index (χ3v) is 4.60. The van der Waals surface area contributed by atoms with Crippen LogP contribution < -0.4 is 0 Å². The molecule has 1 aliphatic rings. The molecule has 0 radical (unpaired) electrons. The topological polar surface area (TPSA) is 37.4 Å². The zero-order valence-electron chi connectivity index (χ0n) is 11.5. The molecule has 0 aromatic heterocycles. The van der Waals surface area contributed by atoms with Gasteiger partial charge in [0.1, 0.15) is 0 Å². The first kappa shape index (κ1) is 15.1. The summed E-state index contributed by atoms with van der Waals surface area (Å²) in [5.41, 5.74) is 1.83. The van der Waals surface area contributed by atoms with Crippen LogP contribution in [0.1, 0.15) is 11.1 Å². The maximum atomic E-state index is 12.4. The lowest BCUT2D eigenvalue weighted by Crippen LogP contribution is -2.27. The van der Waals surface area contributed by atoms with Crippen LogP contribution in [0.5, 0.6) is 0 Å². The normalized spacial score (nSPS) is 16.6. The van der Waals surface area contributed by atoms with E-state index in [0.29, 0.717) is 11.4 Å². The summed E-state index contributed by atoms with van der Waals surface area (Å²) in [6.07, 6.45) is 1.75. The average Bonchev–Trinajstić information content (AvgIpc) is 2.76. The number of rotatable bonds is 3. The first-order valence-electron chi connectivity index (χ1n) is 6.68. The van der Waals surface area contributed by atoms with Crippen LogP contribution in [0.15, 0.2) is 64.0 Å². The van der Waals surface area contributed by atoms with Gasteiger partial charge in [-0.2, -0.15) is 0 Å². The molecule has 0 saturated carbocycles. The summed E-state index contributed by atoms with van der Waals surface area (Å²) < 4.78 is 0.935. The number of hydrogen-bond acceptors (Lipinski definition) is 3. The van der Waals surface area contributed by atoms with Crippen LogP contribution in [0.25, 0.3) is 6.08 Å². The van der Waals surface area contributed by atoms with E-state index < -0.39 is 0 Å². The fourth-order valence-corrected chi connectivity index (χ4v) is 3.41. The van der Waals surface area contributed by atoms with Crippen molar-refractivity contribution in [2.24, 2.45) is 0 Å². The minimum absolute atomic E-state index is 0.227. The van der Waals surface area contributed by atoms with E-state index in [1.165, 1.54) is 4.90 Å². The van der Waals surface area contributed by atoms with E-state index in [-0.39, 0.29) is 11.1 Å². The standard InChI is InChI=1S/C17H12BrNO2S/c18-14-8-4-7-13(9-14)10-15-16(20)19(17(21)22-15)11-12-5-2-1-3-6-12/h1-10H,11H2. The predicted octanol–water partition coefficient (Wildman–Crippen LogP) is 4.69. The fraction of sp³-hybridized carbons (Fsp3) is 0.0588. The van der Waals surface area contributed by atoms with Crippen LogP contribution in [0, 0.1) is 0 Å². The lowest BCUT2D eigenvalue weighted by molar-refractivity contribution is -0.123. The Morgan fingerprint density at radius 2 is 1.82 bits per heavy atom. The number of carbonyl (C=O) groups is 2. The monoisotopic (exact) mass is 373 g/mol. The molecule has 5 heteroatoms. The lowest BCUT2D eigenvalue weighted by atomic mass is 10.2. The Hall–Kier alpha value is -1.85. The highest BCUT2D eigenvalue weighted by atomic mass is 79.9. The average molecular weight is 374 g/mol. The molecule has 22 heavy (non-hydrogen) atoms. The summed E-state index contributed by atoms with van der Waals surface area (Å²) >= 11 is 4.38. The Balaban J connectivity index is 1.82. The fourth-order valence-electron chi connectivity index (χ4n) is 2.15. The zero-order valence-corrected chi connectivity index (χ0v) is 13.9. The summed E-state index contributed by atoms with van der Waals surface area (Å²) in [5, 5.41) is -0.227. The van der Waals surface area contributed by atoms with E-state index in [9.17, 15) is 9.59 Å². The van der Waals surface area contributed by atoms with Gasteiger partial charge in [0.15, 0.2) is 0 Å². The molecule has 0 aliphatic carbocycles. The molecule has 1 heterocycles. The second-order valence-corrected chi connectivity index (χ2v) is 6.72. The highest BCUT2D eigenvalue weighted by Gasteiger charge is 2.34. The SMILES string of the molecule is O=C1SC(=Cc2cccc(Br)c2)C(=O)N1Cc1ccccc1. The van der Waals surface area contributed by atoms with Crippen molar-refractivity contribution in [2.45, 2.75) is 6.54 Å². The van der Waals surface area contributed by atoms with Crippen molar-refractivity contribution in [1.82, 2.24) is 4.90 Å². The van der Waals surface area contributed by atoms with Gasteiger partial charge in [-0.25, -0.2) is 0 Å². The number of imide groups is 1. The highest BCUT2D eigenvalue weighted by Crippen LogP contribution is 2.33. The summed E-state index contributed by atoms with van der Waals surface area (Å²) in [7, 11) is 0. The largest absolute Gasteiger partial charge is 0.293 e. The van der Waals surface area contributed by atoms with Gasteiger partial charge < -0.3 is 0 Å². The molecule has 3 nitrogen and oxygen atoms in total. The molecule has 0 spiro atoms. The Morgan fingerprint density at radius 3 is 2.55 bits per heavy atom. The van der Waals surface area contributed by atoms with Crippen LogP contribution in [-0.4, -0.2) is 16.0 Å². The molecule has 1 aliphatic heterocycles. The third-order valence-electron chi connectivity index (χ3n) is 3.20. The van der Waals surface area contributed by atoms with Crippen molar-refractivity contribution >= 4 is 44.9 Å². The van der Waals surface area contributed by atoms with E-state index in [0.717, 1.165) is 27.4 Å². The summed E-state index contributed by atoms with van der Waals surface area (Å²) in [6, 6.07) is 17.1. The molecule has 1 saturated heterocycles. The molecule has 2 aromatic rings. The summed E-state index contributed by atoms with van der Waals surface area (Å²) in [5.74, 6) is -0.237. The van der Waals surface area contributed by atoms with Crippen molar-refractivity contribution in [2.75, 3.05) is 0 Å². The second kappa shape index (κ2) is 6.50. The van der Waals surface area contributed by atoms with E-state index in [2.05, 4.69) is 15.9 Å². The molecule has 2 aromatic carbocycles. The molecule has 1 fully saturated rings. The molecule has 0 bridgehead atoms. The van der Waals surface area contributed by atoms with E-state index in [1.807, 2.05) is 54.6 Å². The molecule has 0 atom stereocenters. The van der Waals surface area contributed by atoms with Crippen LogP contribution in [0.3, 0.4) is 0 Å². The van der Waals surface area contributed by atoms with E-state index in [1.54, 1.807) is 6.08 Å². The molecule has 3 rings (SSSR count). The number of amides is 2. The Labute approximate surface area is 141 Å². The summed E-state index contributed by atoms with van der Waals surface area (Å²) in [4.78, 5) is 26.2. The first-order chi connectivity index (χ1) is 10.6. The number of hydrogen-bond donors (Lipinski definition) is 0. The molecular formula is C17H12BrNO2S. The van der Waals surface area contributed by atoms with Crippen LogP contribution in [0.4, 0.5) is 4.79 Å². The Bertz CT molecular complexity index is 758. The van der Waals surface area contributed by atoms with Crippen molar-refractivity contribution < 1.29 is 9.59 Å². The molecule has 0 unspecified atom stereocenters. The zero-order chi connectivity index (χ0) is 15.5. The van der Waals surface area contributed by atoms with Gasteiger partial charge in [0, 0.05) is 4.47 Å². The maximum Gasteiger partial charge on any atom is 0.293 e. The number of halogens is 1. The van der Waals surface area contributed by atoms with Gasteiger partial charge in [0.2, 0.25) is 0 Å². The first-order valence-corrected chi connectivity index (χ1v) is 8.29. The molecule has 0 N–H and O–H groups in total. The molecular weight excluding hydrogens is 362 g/mol. The smallest absolute Gasteiger partial charge is 0.268 e. The maximum absolute atomic E-state index is 12.4. The second-order valence-electron chi connectivity index (χ2n) is 4.81. The van der Waals surface area contributed by atoms with Crippen LogP contribution in [-0.2, 0) is 11.3 Å². The molecule has 110 valence electrons. The van der Waals surface area contributed by atoms with Crippen molar-refractivity contribution in [3.8, 4) is 0 Å². The van der Waals surface area contributed by atoms with Gasteiger partial charge in [-0.15, -0.1) is 0 Å². The van der Waals surface area contributed by atoms with Crippen LogP contribution >= 0.6 is 27.7 Å². The van der Waals surface area contributed by atoms with Gasteiger partial charge in [-0.1, -0.05) is 58.4 Å². The van der Waals surface area contributed by atoms with Gasteiger partial charge >= 0.3 is 0 Å². The number of nitrogens with zero attached hydrogens (tertiary/aromatic N) is 1. The quantitative estimate of drug-likeness (QED) is 0.732. The van der Waals surface area contributed by atoms with Crippen molar-refractivity contribution in [3.05, 3.63) is 75.1 Å². The van der Waals surface area contributed by atoms with Crippen molar-refractivity contribution in [3.63, 3.8) is 0 Å². The Kier molecular flexibility index (Phi) is 4.45. The lowest BCUT2D eigenvalue weighted by Gasteiger charge is -2.12. The number of benzene rings is 2. The van der Waals surface area contributed by atoms with Gasteiger partial charge in [0.25, 0.3) is 11.1 Å². The van der Waals surface area contributed by atoms with Crippen LogP contribution in [0.2, 0.25) is 0 Å². The predicted molar refractivity (Wildman–Crippen MR) is 92.1 cm³/mol. The molecule has 2 amide bonds. The minimum Gasteiger partial charge on any atom is -0.268 e. The van der Waals surface area contributed by atoms with Gasteiger partial charge in [0.05, 0.1) is 11.4 Å². The minimum atomic E-state index is -0.237. The van der Waals surface area contributed by atoms with Gasteiger partial charge in [-0.3, -0.25) is 14.5 Å². The van der Waals surface area contributed by atoms with Gasteiger partial charge in [-0.05, 0) is 41.1 Å². The Morgan fingerprint density at radius 1 is 1.05 bits per heavy atom. The summed E-state index contributed by atoms with van der Waals surface area (Å²) in [6.45, 7) is 0.307.